The second kappa shape index (κ2) is 10.8. The lowest BCUT2D eigenvalue weighted by Gasteiger charge is -2.11. The lowest BCUT2D eigenvalue weighted by atomic mass is 9.96. The molecule has 0 bridgehead atoms. The topological polar surface area (TPSA) is 81.8 Å². The second-order valence-electron chi connectivity index (χ2n) is 10.8. The molecular weight excluding hydrogens is 560 g/mol. The summed E-state index contributed by atoms with van der Waals surface area (Å²) in [6.45, 7) is 0.369. The largest absolute Gasteiger partial charge is 0.404 e. The van der Waals surface area contributed by atoms with Crippen LogP contribution in [0.25, 0.3) is 56.1 Å². The first-order valence-electron chi connectivity index (χ1n) is 14.6. The summed E-state index contributed by atoms with van der Waals surface area (Å²) in [7, 11) is 0. The SMILES string of the molecule is O=C1OC(c2ccc(/C=C/c3ccc(-c4nc5ccccc5c(=O)o4)c4ccccc34)c3ccccc23)=NCc2ccccc21. The van der Waals surface area contributed by atoms with Crippen molar-refractivity contribution in [2.45, 2.75) is 6.54 Å². The number of para-hydroxylation sites is 1. The van der Waals surface area contributed by atoms with E-state index in [-0.39, 0.29) is 5.89 Å². The van der Waals surface area contributed by atoms with Gasteiger partial charge < -0.3 is 9.15 Å². The molecule has 0 saturated carbocycles. The molecular formula is C39H24N2O4. The number of fused-ring (bicyclic) bond motifs is 4. The molecule has 0 amide bonds. The number of cyclic esters (lactones) is 1. The zero-order valence-electron chi connectivity index (χ0n) is 23.9. The molecule has 8 rings (SSSR count). The van der Waals surface area contributed by atoms with Crippen molar-refractivity contribution < 1.29 is 13.9 Å². The summed E-state index contributed by atoms with van der Waals surface area (Å²) in [5.41, 5.74) is 5.10. The van der Waals surface area contributed by atoms with Gasteiger partial charge in [0.25, 0.3) is 0 Å². The van der Waals surface area contributed by atoms with Gasteiger partial charge in [0.1, 0.15) is 0 Å². The number of carbonyl (C=O) groups is 1. The maximum atomic E-state index is 12.9. The van der Waals surface area contributed by atoms with Crippen molar-refractivity contribution in [1.29, 1.82) is 0 Å². The molecule has 1 aliphatic heterocycles. The van der Waals surface area contributed by atoms with E-state index in [1.165, 1.54) is 0 Å². The van der Waals surface area contributed by atoms with Gasteiger partial charge in [-0.05, 0) is 68.6 Å². The number of esters is 1. The molecule has 2 heterocycles. The van der Waals surface area contributed by atoms with Crippen LogP contribution < -0.4 is 5.63 Å². The highest BCUT2D eigenvalue weighted by Gasteiger charge is 2.22. The minimum Gasteiger partial charge on any atom is -0.404 e. The molecule has 7 aromatic rings. The van der Waals surface area contributed by atoms with E-state index in [2.05, 4.69) is 34.3 Å². The number of nitrogens with zero attached hydrogens (tertiary/aromatic N) is 2. The number of hydrogen-bond donors (Lipinski definition) is 0. The normalized spacial score (nSPS) is 13.2. The van der Waals surface area contributed by atoms with Crippen molar-refractivity contribution >= 4 is 56.5 Å². The molecule has 6 nitrogen and oxygen atoms in total. The average Bonchev–Trinajstić information content (AvgIpc) is 3.25. The molecule has 0 fully saturated rings. The highest BCUT2D eigenvalue weighted by Crippen LogP contribution is 2.32. The lowest BCUT2D eigenvalue weighted by molar-refractivity contribution is 0.0720. The van der Waals surface area contributed by atoms with E-state index in [0.717, 1.165) is 49.4 Å². The molecule has 6 heteroatoms. The third-order valence-electron chi connectivity index (χ3n) is 8.17. The summed E-state index contributed by atoms with van der Waals surface area (Å²) in [6.07, 6.45) is 4.16. The fraction of sp³-hybridized carbons (Fsp3) is 0.0256. The van der Waals surface area contributed by atoms with Crippen LogP contribution in [-0.2, 0) is 11.3 Å². The van der Waals surface area contributed by atoms with Crippen LogP contribution in [0.5, 0.6) is 0 Å². The predicted molar refractivity (Wildman–Crippen MR) is 178 cm³/mol. The Hall–Kier alpha value is -6.14. The summed E-state index contributed by atoms with van der Waals surface area (Å²) in [4.78, 5) is 34.9. The van der Waals surface area contributed by atoms with Crippen molar-refractivity contribution in [3.8, 4) is 11.5 Å². The van der Waals surface area contributed by atoms with Crippen LogP contribution in [0.2, 0.25) is 0 Å². The summed E-state index contributed by atoms with van der Waals surface area (Å²) in [5, 5.41) is 4.34. The maximum absolute atomic E-state index is 12.9. The summed E-state index contributed by atoms with van der Waals surface area (Å²) in [5.74, 6) is 0.207. The molecule has 214 valence electrons. The van der Waals surface area contributed by atoms with E-state index >= 15 is 0 Å². The second-order valence-corrected chi connectivity index (χ2v) is 10.8. The van der Waals surface area contributed by atoms with Crippen molar-refractivity contribution in [1.82, 2.24) is 4.98 Å². The summed E-state index contributed by atoms with van der Waals surface area (Å²) in [6, 6.07) is 38.6. The minimum atomic E-state index is -0.409. The Balaban J connectivity index is 1.18. The van der Waals surface area contributed by atoms with Gasteiger partial charge in [-0.15, -0.1) is 0 Å². The first-order chi connectivity index (χ1) is 22.1. The van der Waals surface area contributed by atoms with E-state index in [1.807, 2.05) is 91.0 Å². The minimum absolute atomic E-state index is 0.289. The Kier molecular flexibility index (Phi) is 6.38. The molecule has 0 radical (unpaired) electrons. The zero-order valence-corrected chi connectivity index (χ0v) is 23.9. The Morgan fingerprint density at radius 1 is 0.556 bits per heavy atom. The highest BCUT2D eigenvalue weighted by atomic mass is 16.5. The number of rotatable bonds is 4. The third kappa shape index (κ3) is 4.69. The number of carbonyl (C=O) groups excluding carboxylic acids is 1. The smallest absolute Gasteiger partial charge is 0.347 e. The van der Waals surface area contributed by atoms with Crippen LogP contribution >= 0.6 is 0 Å². The zero-order chi connectivity index (χ0) is 30.3. The Bertz CT molecular complexity index is 2440. The molecule has 0 N–H and O–H groups in total. The maximum Gasteiger partial charge on any atom is 0.347 e. The number of aliphatic imine (C=N–C) groups is 1. The van der Waals surface area contributed by atoms with Crippen LogP contribution in [0, 0.1) is 0 Å². The average molecular weight is 585 g/mol. The van der Waals surface area contributed by atoms with Crippen LogP contribution in [0.15, 0.2) is 136 Å². The molecule has 6 aromatic carbocycles. The van der Waals surface area contributed by atoms with E-state index < -0.39 is 11.6 Å². The first kappa shape index (κ1) is 26.5. The van der Waals surface area contributed by atoms with Gasteiger partial charge in [-0.2, -0.15) is 0 Å². The van der Waals surface area contributed by atoms with Gasteiger partial charge in [0.15, 0.2) is 0 Å². The van der Waals surface area contributed by atoms with E-state index in [4.69, 9.17) is 9.15 Å². The van der Waals surface area contributed by atoms with E-state index in [0.29, 0.717) is 28.9 Å². The van der Waals surface area contributed by atoms with Gasteiger partial charge in [0, 0.05) is 11.1 Å². The Morgan fingerprint density at radius 2 is 1.13 bits per heavy atom. The molecule has 45 heavy (non-hydrogen) atoms. The fourth-order valence-electron chi connectivity index (χ4n) is 5.95. The third-order valence-corrected chi connectivity index (χ3v) is 8.17. The van der Waals surface area contributed by atoms with E-state index in [1.54, 1.807) is 18.2 Å². The Labute approximate surface area is 257 Å². The molecule has 0 saturated heterocycles. The number of aromatic nitrogens is 1. The van der Waals surface area contributed by atoms with Crippen LogP contribution in [0.4, 0.5) is 0 Å². The molecule has 0 unspecified atom stereocenters. The Morgan fingerprint density at radius 3 is 1.87 bits per heavy atom. The standard InChI is InChI=1S/C39H24N2O4/c42-38-29-12-2-1-9-26(29)23-40-36(44-38)32-21-19-24(27-10-3-5-13-30(27)32)17-18-25-20-22-33(31-14-6-4-11-28(25)31)37-41-35-16-8-7-15-34(35)39(43)45-37/h1-22H,23H2/b18-17+. The van der Waals surface area contributed by atoms with Gasteiger partial charge in [0.05, 0.1) is 23.0 Å². The highest BCUT2D eigenvalue weighted by molar-refractivity contribution is 6.14. The molecule has 1 aliphatic rings. The molecule has 0 spiro atoms. The number of benzene rings is 6. The van der Waals surface area contributed by atoms with Crippen molar-refractivity contribution in [2.75, 3.05) is 0 Å². The van der Waals surface area contributed by atoms with Crippen molar-refractivity contribution in [2.24, 2.45) is 4.99 Å². The molecule has 1 aromatic heterocycles. The fourth-order valence-corrected chi connectivity index (χ4v) is 5.95. The summed E-state index contributed by atoms with van der Waals surface area (Å²) >= 11 is 0. The number of hydrogen-bond acceptors (Lipinski definition) is 6. The first-order valence-corrected chi connectivity index (χ1v) is 14.6. The quantitative estimate of drug-likeness (QED) is 0.153. The van der Waals surface area contributed by atoms with Gasteiger partial charge in [-0.25, -0.2) is 19.6 Å². The van der Waals surface area contributed by atoms with Crippen molar-refractivity contribution in [3.05, 3.63) is 160 Å². The number of ether oxygens (including phenoxy) is 1. The summed E-state index contributed by atoms with van der Waals surface area (Å²) < 4.78 is 11.5. The van der Waals surface area contributed by atoms with Crippen molar-refractivity contribution in [3.63, 3.8) is 0 Å². The van der Waals surface area contributed by atoms with E-state index in [9.17, 15) is 9.59 Å². The molecule has 0 aliphatic carbocycles. The van der Waals surface area contributed by atoms with Gasteiger partial charge in [-0.3, -0.25) is 0 Å². The molecule has 0 atom stereocenters. The van der Waals surface area contributed by atoms with Gasteiger partial charge in [-0.1, -0.05) is 103 Å². The predicted octanol–water partition coefficient (Wildman–Crippen LogP) is 8.45. The van der Waals surface area contributed by atoms with Crippen LogP contribution in [0.1, 0.15) is 32.6 Å². The monoisotopic (exact) mass is 584 g/mol. The van der Waals surface area contributed by atoms with Gasteiger partial charge in [0.2, 0.25) is 11.8 Å². The lowest BCUT2D eigenvalue weighted by Crippen LogP contribution is -2.13. The van der Waals surface area contributed by atoms with Crippen LogP contribution in [0.3, 0.4) is 0 Å². The van der Waals surface area contributed by atoms with Crippen LogP contribution in [-0.4, -0.2) is 16.9 Å². The van der Waals surface area contributed by atoms with Gasteiger partial charge >= 0.3 is 11.6 Å².